The lowest BCUT2D eigenvalue weighted by Gasteiger charge is -2.23. The molecule has 1 atom stereocenters. The molecule has 1 aliphatic heterocycles. The first-order chi connectivity index (χ1) is 8.60. The van der Waals surface area contributed by atoms with Crippen LogP contribution in [0.2, 0.25) is 0 Å². The zero-order valence-electron chi connectivity index (χ0n) is 10.7. The first-order valence-corrected chi connectivity index (χ1v) is 6.20. The number of amides is 2. The normalized spacial score (nSPS) is 19.4. The van der Waals surface area contributed by atoms with E-state index < -0.39 is 0 Å². The fourth-order valence-electron chi connectivity index (χ4n) is 2.10. The lowest BCUT2D eigenvalue weighted by Crippen LogP contribution is -2.47. The van der Waals surface area contributed by atoms with Crippen LogP contribution < -0.4 is 10.6 Å². The molecular formula is C12H18N4O2. The van der Waals surface area contributed by atoms with E-state index in [-0.39, 0.29) is 17.9 Å². The van der Waals surface area contributed by atoms with Crippen molar-refractivity contribution in [2.75, 3.05) is 6.54 Å². The fourth-order valence-corrected chi connectivity index (χ4v) is 2.10. The first-order valence-electron chi connectivity index (χ1n) is 6.20. The third-order valence-corrected chi connectivity index (χ3v) is 3.09. The molecule has 0 aromatic carbocycles. The fraction of sp³-hybridized carbons (Fsp3) is 0.583. The molecule has 1 aromatic rings. The molecule has 18 heavy (non-hydrogen) atoms. The average molecular weight is 250 g/mol. The van der Waals surface area contributed by atoms with Gasteiger partial charge < -0.3 is 10.6 Å². The summed E-state index contributed by atoms with van der Waals surface area (Å²) in [5.41, 5.74) is 1.42. The first kappa shape index (κ1) is 12.6. The van der Waals surface area contributed by atoms with Crippen molar-refractivity contribution >= 4 is 11.8 Å². The SMILES string of the molecule is CCc1nn(C)cc1C(=O)NC1CCC(=O)NC1. The molecule has 1 unspecified atom stereocenters. The lowest BCUT2D eigenvalue weighted by atomic mass is 10.1. The van der Waals surface area contributed by atoms with Crippen LogP contribution in [0.3, 0.4) is 0 Å². The van der Waals surface area contributed by atoms with Gasteiger partial charge in [-0.1, -0.05) is 6.92 Å². The Morgan fingerprint density at radius 2 is 2.44 bits per heavy atom. The van der Waals surface area contributed by atoms with Crippen LogP contribution in [0.5, 0.6) is 0 Å². The van der Waals surface area contributed by atoms with Gasteiger partial charge in [0.2, 0.25) is 5.91 Å². The summed E-state index contributed by atoms with van der Waals surface area (Å²) >= 11 is 0. The number of hydrogen-bond acceptors (Lipinski definition) is 3. The lowest BCUT2D eigenvalue weighted by molar-refractivity contribution is -0.122. The van der Waals surface area contributed by atoms with E-state index >= 15 is 0 Å². The molecule has 0 aliphatic carbocycles. The Balaban J connectivity index is 2.01. The Morgan fingerprint density at radius 1 is 1.67 bits per heavy atom. The second kappa shape index (κ2) is 5.20. The highest BCUT2D eigenvalue weighted by Gasteiger charge is 2.22. The zero-order valence-corrected chi connectivity index (χ0v) is 10.7. The van der Waals surface area contributed by atoms with Gasteiger partial charge >= 0.3 is 0 Å². The summed E-state index contributed by atoms with van der Waals surface area (Å²) in [6.07, 6.45) is 3.62. The highest BCUT2D eigenvalue weighted by Crippen LogP contribution is 2.09. The maximum atomic E-state index is 12.1. The second-order valence-corrected chi connectivity index (χ2v) is 4.53. The number of nitrogens with one attached hydrogen (secondary N) is 2. The van der Waals surface area contributed by atoms with Crippen molar-refractivity contribution in [3.63, 3.8) is 0 Å². The summed E-state index contributed by atoms with van der Waals surface area (Å²) in [4.78, 5) is 23.1. The number of aryl methyl sites for hydroxylation is 2. The average Bonchev–Trinajstić information content (AvgIpc) is 2.73. The molecule has 1 aromatic heterocycles. The highest BCUT2D eigenvalue weighted by atomic mass is 16.2. The van der Waals surface area contributed by atoms with Gasteiger partial charge in [-0.15, -0.1) is 0 Å². The minimum atomic E-state index is -0.110. The Bertz CT molecular complexity index is 457. The summed E-state index contributed by atoms with van der Waals surface area (Å²) in [6.45, 7) is 2.48. The van der Waals surface area contributed by atoms with Crippen LogP contribution in [-0.2, 0) is 18.3 Å². The molecule has 6 nitrogen and oxygen atoms in total. The van der Waals surface area contributed by atoms with Gasteiger partial charge in [-0.25, -0.2) is 0 Å². The zero-order chi connectivity index (χ0) is 13.1. The summed E-state index contributed by atoms with van der Waals surface area (Å²) < 4.78 is 1.65. The van der Waals surface area contributed by atoms with Gasteiger partial charge in [-0.2, -0.15) is 5.10 Å². The molecule has 0 spiro atoms. The number of nitrogens with zero attached hydrogens (tertiary/aromatic N) is 2. The van der Waals surface area contributed by atoms with Crippen LogP contribution in [0.25, 0.3) is 0 Å². The smallest absolute Gasteiger partial charge is 0.255 e. The van der Waals surface area contributed by atoms with Crippen LogP contribution in [0.15, 0.2) is 6.20 Å². The third-order valence-electron chi connectivity index (χ3n) is 3.09. The van der Waals surface area contributed by atoms with E-state index in [0.29, 0.717) is 24.9 Å². The van der Waals surface area contributed by atoms with Crippen molar-refractivity contribution in [3.8, 4) is 0 Å². The van der Waals surface area contributed by atoms with Gasteiger partial charge in [0.15, 0.2) is 0 Å². The van der Waals surface area contributed by atoms with Gasteiger partial charge in [0.1, 0.15) is 0 Å². The molecule has 2 amide bonds. The van der Waals surface area contributed by atoms with Gasteiger partial charge in [0, 0.05) is 32.3 Å². The van der Waals surface area contributed by atoms with E-state index in [2.05, 4.69) is 15.7 Å². The number of carbonyl (C=O) groups excluding carboxylic acids is 2. The predicted molar refractivity (Wildman–Crippen MR) is 66.1 cm³/mol. The molecule has 6 heteroatoms. The van der Waals surface area contributed by atoms with Crippen molar-refractivity contribution in [1.82, 2.24) is 20.4 Å². The molecule has 98 valence electrons. The standard InChI is InChI=1S/C12H18N4O2/c1-3-10-9(7-16(2)15-10)12(18)14-8-4-5-11(17)13-6-8/h7-8H,3-6H2,1-2H3,(H,13,17)(H,14,18). The Hall–Kier alpha value is -1.85. The van der Waals surface area contributed by atoms with E-state index in [1.54, 1.807) is 17.9 Å². The molecule has 0 saturated carbocycles. The Morgan fingerprint density at radius 3 is 3.06 bits per heavy atom. The molecule has 0 radical (unpaired) electrons. The topological polar surface area (TPSA) is 76.0 Å². The Kier molecular flexibility index (Phi) is 3.64. The van der Waals surface area contributed by atoms with Gasteiger partial charge in [0.05, 0.1) is 11.3 Å². The van der Waals surface area contributed by atoms with Crippen LogP contribution in [0.1, 0.15) is 35.8 Å². The summed E-state index contributed by atoms with van der Waals surface area (Å²) in [5, 5.41) is 9.93. The number of piperidine rings is 1. The third kappa shape index (κ3) is 2.69. The van der Waals surface area contributed by atoms with E-state index in [1.807, 2.05) is 6.92 Å². The quantitative estimate of drug-likeness (QED) is 0.792. The minimum absolute atomic E-state index is 0.0140. The molecule has 1 aliphatic rings. The van der Waals surface area contributed by atoms with Crippen LogP contribution >= 0.6 is 0 Å². The number of carbonyl (C=O) groups is 2. The minimum Gasteiger partial charge on any atom is -0.354 e. The van der Waals surface area contributed by atoms with E-state index in [4.69, 9.17) is 0 Å². The molecule has 2 heterocycles. The van der Waals surface area contributed by atoms with Crippen molar-refractivity contribution in [3.05, 3.63) is 17.5 Å². The largest absolute Gasteiger partial charge is 0.354 e. The maximum absolute atomic E-state index is 12.1. The van der Waals surface area contributed by atoms with Crippen LogP contribution in [-0.4, -0.2) is 34.2 Å². The summed E-state index contributed by atoms with van der Waals surface area (Å²) in [5.74, 6) is -0.0581. The van der Waals surface area contributed by atoms with E-state index in [9.17, 15) is 9.59 Å². The Labute approximate surface area is 106 Å². The maximum Gasteiger partial charge on any atom is 0.255 e. The van der Waals surface area contributed by atoms with Crippen LogP contribution in [0.4, 0.5) is 0 Å². The number of rotatable bonds is 3. The molecular weight excluding hydrogens is 232 g/mol. The van der Waals surface area contributed by atoms with Crippen molar-refractivity contribution in [2.24, 2.45) is 7.05 Å². The van der Waals surface area contributed by atoms with E-state index in [1.165, 1.54) is 0 Å². The van der Waals surface area contributed by atoms with Gasteiger partial charge in [0.25, 0.3) is 5.91 Å². The molecule has 1 saturated heterocycles. The monoisotopic (exact) mass is 250 g/mol. The summed E-state index contributed by atoms with van der Waals surface area (Å²) in [7, 11) is 1.80. The molecule has 2 rings (SSSR count). The highest BCUT2D eigenvalue weighted by molar-refractivity contribution is 5.95. The number of aromatic nitrogens is 2. The van der Waals surface area contributed by atoms with Crippen LogP contribution in [0, 0.1) is 0 Å². The predicted octanol–water partition coefficient (Wildman–Crippen LogP) is -0.00910. The molecule has 0 bridgehead atoms. The van der Waals surface area contributed by atoms with Crippen molar-refractivity contribution in [2.45, 2.75) is 32.2 Å². The molecule has 2 N–H and O–H groups in total. The summed E-state index contributed by atoms with van der Waals surface area (Å²) in [6, 6.07) is 0.0140. The van der Waals surface area contributed by atoms with Crippen molar-refractivity contribution in [1.29, 1.82) is 0 Å². The van der Waals surface area contributed by atoms with Gasteiger partial charge in [-0.05, 0) is 12.8 Å². The second-order valence-electron chi connectivity index (χ2n) is 4.53. The van der Waals surface area contributed by atoms with Gasteiger partial charge in [-0.3, -0.25) is 14.3 Å². The van der Waals surface area contributed by atoms with Crippen molar-refractivity contribution < 1.29 is 9.59 Å². The van der Waals surface area contributed by atoms with E-state index in [0.717, 1.165) is 12.1 Å². The molecule has 1 fully saturated rings. The number of hydrogen-bond donors (Lipinski definition) is 2.